The maximum atomic E-state index is 13.3. The van der Waals surface area contributed by atoms with E-state index >= 15 is 0 Å². The summed E-state index contributed by atoms with van der Waals surface area (Å²) in [6.07, 6.45) is -4.65. The molecule has 0 radical (unpaired) electrons. The minimum atomic E-state index is -4.65. The van der Waals surface area contributed by atoms with E-state index in [1.54, 1.807) is 6.92 Å². The van der Waals surface area contributed by atoms with E-state index in [4.69, 9.17) is 11.6 Å². The Bertz CT molecular complexity index is 1230. The van der Waals surface area contributed by atoms with Crippen molar-refractivity contribution in [2.45, 2.75) is 13.1 Å². The number of alkyl halides is 3. The van der Waals surface area contributed by atoms with Crippen LogP contribution in [0.4, 0.5) is 17.6 Å². The second-order valence-corrected chi connectivity index (χ2v) is 8.13. The van der Waals surface area contributed by atoms with Crippen molar-refractivity contribution in [1.82, 2.24) is 19.6 Å². The van der Waals surface area contributed by atoms with Crippen molar-refractivity contribution in [2.24, 2.45) is 0 Å². The number of piperazine rings is 1. The van der Waals surface area contributed by atoms with Gasteiger partial charge >= 0.3 is 6.18 Å². The van der Waals surface area contributed by atoms with E-state index in [0.717, 1.165) is 12.1 Å². The summed E-state index contributed by atoms with van der Waals surface area (Å²) in [5, 5.41) is 4.35. The molecule has 0 bridgehead atoms. The number of amides is 2. The van der Waals surface area contributed by atoms with Gasteiger partial charge in [-0.05, 0) is 43.3 Å². The van der Waals surface area contributed by atoms with E-state index in [-0.39, 0.29) is 36.9 Å². The molecule has 1 fully saturated rings. The first kappa shape index (κ1) is 23.7. The summed E-state index contributed by atoms with van der Waals surface area (Å²) in [5.74, 6) is -1.57. The Morgan fingerprint density at radius 3 is 2.06 bits per heavy atom. The van der Waals surface area contributed by atoms with Crippen LogP contribution in [-0.4, -0.2) is 57.6 Å². The molecular formula is C23H19ClF4N4O2. The van der Waals surface area contributed by atoms with Crippen molar-refractivity contribution in [2.75, 3.05) is 26.2 Å². The molecule has 0 atom stereocenters. The average molecular weight is 495 g/mol. The van der Waals surface area contributed by atoms with E-state index in [2.05, 4.69) is 5.10 Å². The SMILES string of the molecule is Cc1nn(-c2ccc(F)cc2)c(Cl)c1C(=O)N1CCN(C(=O)c2ccccc2C(F)(F)F)CC1. The van der Waals surface area contributed by atoms with Gasteiger partial charge in [-0.25, -0.2) is 9.07 Å². The third kappa shape index (κ3) is 4.50. The number of halogens is 5. The molecule has 0 spiro atoms. The lowest BCUT2D eigenvalue weighted by molar-refractivity contribution is -0.138. The summed E-state index contributed by atoms with van der Waals surface area (Å²) in [6.45, 7) is 2.00. The van der Waals surface area contributed by atoms with Crippen LogP contribution < -0.4 is 0 Å². The molecule has 178 valence electrons. The fraction of sp³-hybridized carbons (Fsp3) is 0.261. The largest absolute Gasteiger partial charge is 0.417 e. The zero-order chi connectivity index (χ0) is 24.6. The van der Waals surface area contributed by atoms with E-state index in [9.17, 15) is 27.2 Å². The summed E-state index contributed by atoms with van der Waals surface area (Å²) in [7, 11) is 0. The zero-order valence-corrected chi connectivity index (χ0v) is 18.7. The second-order valence-electron chi connectivity index (χ2n) is 7.77. The van der Waals surface area contributed by atoms with E-state index < -0.39 is 34.9 Å². The van der Waals surface area contributed by atoms with Gasteiger partial charge in [-0.1, -0.05) is 23.7 Å². The Kier molecular flexibility index (Phi) is 6.35. The number of carbonyl (C=O) groups excluding carboxylic acids is 2. The van der Waals surface area contributed by atoms with Gasteiger partial charge in [0.05, 0.1) is 28.1 Å². The zero-order valence-electron chi connectivity index (χ0n) is 17.9. The molecule has 1 aliphatic heterocycles. The molecule has 0 saturated carbocycles. The highest BCUT2D eigenvalue weighted by atomic mass is 35.5. The lowest BCUT2D eigenvalue weighted by Gasteiger charge is -2.35. The molecule has 11 heteroatoms. The molecule has 1 saturated heterocycles. The first-order valence-electron chi connectivity index (χ1n) is 10.3. The Morgan fingerprint density at radius 1 is 0.912 bits per heavy atom. The highest BCUT2D eigenvalue weighted by Crippen LogP contribution is 2.32. The summed E-state index contributed by atoms with van der Waals surface area (Å²) in [4.78, 5) is 28.7. The van der Waals surface area contributed by atoms with Crippen LogP contribution in [0.25, 0.3) is 5.69 Å². The third-order valence-corrected chi connectivity index (χ3v) is 5.96. The van der Waals surface area contributed by atoms with Crippen LogP contribution in [0.2, 0.25) is 5.15 Å². The number of benzene rings is 2. The minimum Gasteiger partial charge on any atom is -0.335 e. The van der Waals surface area contributed by atoms with Gasteiger partial charge in [-0.2, -0.15) is 18.3 Å². The van der Waals surface area contributed by atoms with Crippen LogP contribution in [0.1, 0.15) is 32.0 Å². The molecule has 2 amide bonds. The number of aromatic nitrogens is 2. The topological polar surface area (TPSA) is 58.4 Å². The van der Waals surface area contributed by atoms with E-state index in [1.165, 1.54) is 50.9 Å². The molecule has 1 aliphatic rings. The molecule has 0 N–H and O–H groups in total. The molecule has 6 nitrogen and oxygen atoms in total. The third-order valence-electron chi connectivity index (χ3n) is 5.61. The number of rotatable bonds is 3. The van der Waals surface area contributed by atoms with Crippen molar-refractivity contribution < 1.29 is 27.2 Å². The maximum absolute atomic E-state index is 13.3. The van der Waals surface area contributed by atoms with Gasteiger partial charge in [0.15, 0.2) is 0 Å². The van der Waals surface area contributed by atoms with E-state index in [1.807, 2.05) is 0 Å². The number of nitrogens with zero attached hydrogens (tertiary/aromatic N) is 4. The molecule has 4 rings (SSSR count). The standard InChI is InChI=1S/C23H19ClF4N4O2/c1-14-19(20(24)32(29-14)16-8-6-15(25)7-9-16)22(34)31-12-10-30(11-13-31)21(33)17-4-2-3-5-18(17)23(26,27)28/h2-9H,10-13H2,1H3. The summed E-state index contributed by atoms with van der Waals surface area (Å²) >= 11 is 6.43. The Balaban J connectivity index is 1.49. The van der Waals surface area contributed by atoms with Crippen molar-refractivity contribution >= 4 is 23.4 Å². The van der Waals surface area contributed by atoms with Crippen molar-refractivity contribution in [3.05, 3.63) is 81.9 Å². The first-order chi connectivity index (χ1) is 16.1. The lowest BCUT2D eigenvalue weighted by Crippen LogP contribution is -2.51. The number of carbonyl (C=O) groups is 2. The Morgan fingerprint density at radius 2 is 1.47 bits per heavy atom. The monoisotopic (exact) mass is 494 g/mol. The smallest absolute Gasteiger partial charge is 0.335 e. The average Bonchev–Trinajstić information content (AvgIpc) is 3.12. The van der Waals surface area contributed by atoms with Crippen molar-refractivity contribution in [1.29, 1.82) is 0 Å². The van der Waals surface area contributed by atoms with Gasteiger partial charge in [0, 0.05) is 26.2 Å². The quantitative estimate of drug-likeness (QED) is 0.500. The molecule has 2 aromatic carbocycles. The molecule has 34 heavy (non-hydrogen) atoms. The van der Waals surface area contributed by atoms with Crippen LogP contribution in [0.5, 0.6) is 0 Å². The predicted octanol–water partition coefficient (Wildman–Crippen LogP) is 4.59. The number of hydrogen-bond acceptors (Lipinski definition) is 3. The molecular weight excluding hydrogens is 476 g/mol. The van der Waals surface area contributed by atoms with E-state index in [0.29, 0.717) is 11.4 Å². The summed E-state index contributed by atoms with van der Waals surface area (Å²) in [5.41, 5.74) is -0.388. The van der Waals surface area contributed by atoms with Crippen molar-refractivity contribution in [3.8, 4) is 5.69 Å². The van der Waals surface area contributed by atoms with Gasteiger partial charge < -0.3 is 9.80 Å². The van der Waals surface area contributed by atoms with Gasteiger partial charge in [0.1, 0.15) is 11.0 Å². The second kappa shape index (κ2) is 9.09. The highest BCUT2D eigenvalue weighted by Gasteiger charge is 2.37. The fourth-order valence-corrected chi connectivity index (χ4v) is 4.21. The van der Waals surface area contributed by atoms with Crippen LogP contribution in [0.15, 0.2) is 48.5 Å². The molecule has 3 aromatic rings. The van der Waals surface area contributed by atoms with Crippen LogP contribution in [-0.2, 0) is 6.18 Å². The van der Waals surface area contributed by atoms with Gasteiger partial charge in [0.25, 0.3) is 11.8 Å². The lowest BCUT2D eigenvalue weighted by atomic mass is 10.1. The number of hydrogen-bond donors (Lipinski definition) is 0. The van der Waals surface area contributed by atoms with Gasteiger partial charge in [-0.3, -0.25) is 9.59 Å². The summed E-state index contributed by atoms with van der Waals surface area (Å²) in [6, 6.07) is 10.1. The predicted molar refractivity (Wildman–Crippen MR) is 117 cm³/mol. The molecule has 0 unspecified atom stereocenters. The Hall–Kier alpha value is -3.40. The van der Waals surface area contributed by atoms with Gasteiger partial charge in [0.2, 0.25) is 0 Å². The van der Waals surface area contributed by atoms with Crippen LogP contribution in [0.3, 0.4) is 0 Å². The first-order valence-corrected chi connectivity index (χ1v) is 10.7. The Labute approximate surface area is 197 Å². The van der Waals surface area contributed by atoms with Crippen LogP contribution >= 0.6 is 11.6 Å². The molecule has 1 aromatic heterocycles. The number of aryl methyl sites for hydroxylation is 1. The highest BCUT2D eigenvalue weighted by molar-refractivity contribution is 6.33. The van der Waals surface area contributed by atoms with Gasteiger partial charge in [-0.15, -0.1) is 0 Å². The fourth-order valence-electron chi connectivity index (χ4n) is 3.85. The minimum absolute atomic E-state index is 0.0618. The maximum Gasteiger partial charge on any atom is 0.417 e. The molecule has 2 heterocycles. The summed E-state index contributed by atoms with van der Waals surface area (Å²) < 4.78 is 54.4. The van der Waals surface area contributed by atoms with Crippen LogP contribution in [0, 0.1) is 12.7 Å². The normalized spacial score (nSPS) is 14.4. The van der Waals surface area contributed by atoms with Crippen molar-refractivity contribution in [3.63, 3.8) is 0 Å². The molecule has 0 aliphatic carbocycles.